The van der Waals surface area contributed by atoms with E-state index in [-0.39, 0.29) is 0 Å². The molecule has 0 amide bonds. The molecule has 2 N–H and O–H groups in total. The van der Waals surface area contributed by atoms with Crippen molar-refractivity contribution >= 4 is 0 Å². The molecule has 1 fully saturated rings. The predicted octanol–water partition coefficient (Wildman–Crippen LogP) is 2.58. The van der Waals surface area contributed by atoms with Crippen molar-refractivity contribution in [1.29, 1.82) is 0 Å². The molecule has 0 radical (unpaired) electrons. The van der Waals surface area contributed by atoms with Crippen LogP contribution in [0, 0.1) is 19.8 Å². The van der Waals surface area contributed by atoms with Crippen LogP contribution >= 0.6 is 0 Å². The quantitative estimate of drug-likeness (QED) is 0.760. The molecule has 76 valence electrons. The van der Waals surface area contributed by atoms with Crippen LogP contribution in [0.3, 0.4) is 0 Å². The van der Waals surface area contributed by atoms with Crippen molar-refractivity contribution < 1.29 is 0 Å². The molecular weight excluding hydrogens is 170 g/mol. The molecule has 1 aromatic rings. The SMILES string of the molecule is Cc1ccc(C)c(CC2CCC2N)c1. The van der Waals surface area contributed by atoms with E-state index >= 15 is 0 Å². The largest absolute Gasteiger partial charge is 0.327 e. The average molecular weight is 189 g/mol. The van der Waals surface area contributed by atoms with Crippen molar-refractivity contribution in [2.24, 2.45) is 11.7 Å². The molecule has 0 aliphatic heterocycles. The van der Waals surface area contributed by atoms with Gasteiger partial charge in [0.25, 0.3) is 0 Å². The first-order valence-corrected chi connectivity index (χ1v) is 5.48. The van der Waals surface area contributed by atoms with E-state index in [9.17, 15) is 0 Å². The molecule has 0 spiro atoms. The average Bonchev–Trinajstić information content (AvgIpc) is 2.17. The van der Waals surface area contributed by atoms with Crippen LogP contribution in [0.15, 0.2) is 18.2 Å². The summed E-state index contributed by atoms with van der Waals surface area (Å²) in [7, 11) is 0. The molecule has 1 heteroatoms. The van der Waals surface area contributed by atoms with Crippen LogP contribution in [0.5, 0.6) is 0 Å². The minimum absolute atomic E-state index is 0.454. The molecule has 1 aliphatic carbocycles. The zero-order valence-electron chi connectivity index (χ0n) is 9.09. The summed E-state index contributed by atoms with van der Waals surface area (Å²) < 4.78 is 0. The number of rotatable bonds is 2. The molecule has 1 aromatic carbocycles. The first kappa shape index (κ1) is 9.72. The van der Waals surface area contributed by atoms with Gasteiger partial charge in [0.1, 0.15) is 0 Å². The standard InChI is InChI=1S/C13H19N/c1-9-3-4-10(2)12(7-9)8-11-5-6-13(11)14/h3-4,7,11,13H,5-6,8,14H2,1-2H3. The van der Waals surface area contributed by atoms with Gasteiger partial charge in [-0.1, -0.05) is 23.8 Å². The Hall–Kier alpha value is -0.820. The van der Waals surface area contributed by atoms with Crippen molar-refractivity contribution in [1.82, 2.24) is 0 Å². The molecule has 2 rings (SSSR count). The molecule has 0 saturated heterocycles. The molecule has 1 nitrogen and oxygen atoms in total. The molecule has 0 aromatic heterocycles. The van der Waals surface area contributed by atoms with Gasteiger partial charge in [-0.3, -0.25) is 0 Å². The summed E-state index contributed by atoms with van der Waals surface area (Å²) in [5.74, 6) is 0.732. The molecule has 1 aliphatic rings. The first-order valence-electron chi connectivity index (χ1n) is 5.48. The second-order valence-corrected chi connectivity index (χ2v) is 4.64. The van der Waals surface area contributed by atoms with Crippen molar-refractivity contribution in [2.75, 3.05) is 0 Å². The van der Waals surface area contributed by atoms with Gasteiger partial charge in [-0.05, 0) is 50.2 Å². The van der Waals surface area contributed by atoms with Gasteiger partial charge in [0, 0.05) is 6.04 Å². The van der Waals surface area contributed by atoms with Crippen molar-refractivity contribution in [3.63, 3.8) is 0 Å². The zero-order chi connectivity index (χ0) is 10.1. The topological polar surface area (TPSA) is 26.0 Å². The third-order valence-electron chi connectivity index (χ3n) is 3.46. The Balaban J connectivity index is 2.11. The lowest BCUT2D eigenvalue weighted by Crippen LogP contribution is -2.40. The van der Waals surface area contributed by atoms with Gasteiger partial charge >= 0.3 is 0 Å². The molecule has 2 unspecified atom stereocenters. The maximum absolute atomic E-state index is 5.96. The number of nitrogens with two attached hydrogens (primary N) is 1. The van der Waals surface area contributed by atoms with E-state index in [1.165, 1.54) is 36.0 Å². The molecule has 1 saturated carbocycles. The monoisotopic (exact) mass is 189 g/mol. The highest BCUT2D eigenvalue weighted by Crippen LogP contribution is 2.30. The Labute approximate surface area is 86.3 Å². The smallest absolute Gasteiger partial charge is 0.00704 e. The number of hydrogen-bond acceptors (Lipinski definition) is 1. The highest BCUT2D eigenvalue weighted by molar-refractivity contribution is 5.31. The van der Waals surface area contributed by atoms with E-state index in [0.717, 1.165) is 5.92 Å². The molecule has 0 bridgehead atoms. The van der Waals surface area contributed by atoms with E-state index < -0.39 is 0 Å². The molecule has 14 heavy (non-hydrogen) atoms. The molecular formula is C13H19N. The van der Waals surface area contributed by atoms with E-state index in [4.69, 9.17) is 5.73 Å². The van der Waals surface area contributed by atoms with Gasteiger partial charge < -0.3 is 5.73 Å². The summed E-state index contributed by atoms with van der Waals surface area (Å²) >= 11 is 0. The summed E-state index contributed by atoms with van der Waals surface area (Å²) in [6.45, 7) is 4.35. The lowest BCUT2D eigenvalue weighted by molar-refractivity contribution is 0.255. The highest BCUT2D eigenvalue weighted by atomic mass is 14.7. The Kier molecular flexibility index (Phi) is 2.60. The highest BCUT2D eigenvalue weighted by Gasteiger charge is 2.27. The Morgan fingerprint density at radius 3 is 2.64 bits per heavy atom. The fourth-order valence-corrected chi connectivity index (χ4v) is 2.15. The van der Waals surface area contributed by atoms with Crippen LogP contribution in [0.1, 0.15) is 29.5 Å². The van der Waals surface area contributed by atoms with Crippen molar-refractivity contribution in [3.05, 3.63) is 34.9 Å². The minimum atomic E-state index is 0.454. The van der Waals surface area contributed by atoms with Crippen LogP contribution in [0.25, 0.3) is 0 Å². The summed E-state index contributed by atoms with van der Waals surface area (Å²) in [5.41, 5.74) is 10.2. The third kappa shape index (κ3) is 1.83. The van der Waals surface area contributed by atoms with Crippen molar-refractivity contribution in [3.8, 4) is 0 Å². The van der Waals surface area contributed by atoms with Gasteiger partial charge in [0.15, 0.2) is 0 Å². The van der Waals surface area contributed by atoms with E-state index in [2.05, 4.69) is 32.0 Å². The maximum Gasteiger partial charge on any atom is 0.00704 e. The summed E-state index contributed by atoms with van der Waals surface area (Å²) in [6.07, 6.45) is 3.71. The third-order valence-corrected chi connectivity index (χ3v) is 3.46. The zero-order valence-corrected chi connectivity index (χ0v) is 9.09. The Bertz CT molecular complexity index is 330. The number of benzene rings is 1. The number of aryl methyl sites for hydroxylation is 2. The molecule has 2 atom stereocenters. The van der Waals surface area contributed by atoms with Gasteiger partial charge in [-0.25, -0.2) is 0 Å². The van der Waals surface area contributed by atoms with E-state index in [1.807, 2.05) is 0 Å². The first-order chi connectivity index (χ1) is 6.66. The minimum Gasteiger partial charge on any atom is -0.327 e. The fourth-order valence-electron chi connectivity index (χ4n) is 2.15. The van der Waals surface area contributed by atoms with Gasteiger partial charge in [0.2, 0.25) is 0 Å². The normalized spacial score (nSPS) is 25.9. The fraction of sp³-hybridized carbons (Fsp3) is 0.538. The summed E-state index contributed by atoms with van der Waals surface area (Å²) in [4.78, 5) is 0. The second kappa shape index (κ2) is 3.74. The van der Waals surface area contributed by atoms with Crippen LogP contribution in [-0.2, 0) is 6.42 Å². The van der Waals surface area contributed by atoms with Crippen LogP contribution in [0.2, 0.25) is 0 Å². The Morgan fingerprint density at radius 1 is 1.29 bits per heavy atom. The summed E-state index contributed by atoms with van der Waals surface area (Å²) in [5, 5.41) is 0. The Morgan fingerprint density at radius 2 is 2.07 bits per heavy atom. The van der Waals surface area contributed by atoms with E-state index in [1.54, 1.807) is 0 Å². The van der Waals surface area contributed by atoms with Crippen LogP contribution < -0.4 is 5.73 Å². The predicted molar refractivity (Wildman–Crippen MR) is 60.3 cm³/mol. The lowest BCUT2D eigenvalue weighted by Gasteiger charge is -2.34. The van der Waals surface area contributed by atoms with Crippen LogP contribution in [0.4, 0.5) is 0 Å². The number of hydrogen-bond donors (Lipinski definition) is 1. The second-order valence-electron chi connectivity index (χ2n) is 4.64. The van der Waals surface area contributed by atoms with Gasteiger partial charge in [-0.15, -0.1) is 0 Å². The lowest BCUT2D eigenvalue weighted by atomic mass is 9.76. The summed E-state index contributed by atoms with van der Waals surface area (Å²) in [6, 6.07) is 7.16. The van der Waals surface area contributed by atoms with Crippen molar-refractivity contribution in [2.45, 2.75) is 39.2 Å². The van der Waals surface area contributed by atoms with E-state index in [0.29, 0.717) is 6.04 Å². The van der Waals surface area contributed by atoms with Gasteiger partial charge in [-0.2, -0.15) is 0 Å². The molecule has 0 heterocycles. The maximum atomic E-state index is 5.96. The van der Waals surface area contributed by atoms with Crippen LogP contribution in [-0.4, -0.2) is 6.04 Å². The van der Waals surface area contributed by atoms with Gasteiger partial charge in [0.05, 0.1) is 0 Å².